The third-order valence-electron chi connectivity index (χ3n) is 3.31. The zero-order valence-electron chi connectivity index (χ0n) is 11.7. The average molecular weight is 287 g/mol. The van der Waals surface area contributed by atoms with Gasteiger partial charge in [0.2, 0.25) is 0 Å². The van der Waals surface area contributed by atoms with Crippen molar-refractivity contribution in [2.45, 2.75) is 0 Å². The van der Waals surface area contributed by atoms with Crippen molar-refractivity contribution < 1.29 is 4.79 Å². The molecule has 2 aromatic carbocycles. The Morgan fingerprint density at radius 2 is 1.77 bits per heavy atom. The van der Waals surface area contributed by atoms with Crippen molar-refractivity contribution >= 4 is 11.6 Å². The van der Waals surface area contributed by atoms with E-state index in [-0.39, 0.29) is 5.91 Å². The number of carbonyl (C=O) groups excluding carboxylic acids is 1. The van der Waals surface area contributed by atoms with E-state index in [2.05, 4.69) is 11.4 Å². The quantitative estimate of drug-likeness (QED) is 0.800. The first-order valence-corrected chi connectivity index (χ1v) is 6.82. The molecule has 0 aliphatic rings. The average Bonchev–Trinajstić information content (AvgIpc) is 3.10. The number of nitrogens with zero attached hydrogens (tertiary/aromatic N) is 2. The van der Waals surface area contributed by atoms with Crippen LogP contribution in [-0.2, 0) is 0 Å². The maximum absolute atomic E-state index is 12.4. The normalized spacial score (nSPS) is 9.95. The lowest BCUT2D eigenvalue weighted by molar-refractivity contribution is 0.102. The molecule has 0 saturated heterocycles. The van der Waals surface area contributed by atoms with Crippen LogP contribution in [0, 0.1) is 11.3 Å². The van der Waals surface area contributed by atoms with Gasteiger partial charge in [0, 0.05) is 23.6 Å². The summed E-state index contributed by atoms with van der Waals surface area (Å²) in [5.41, 5.74) is 2.41. The van der Waals surface area contributed by atoms with Crippen LogP contribution in [0.5, 0.6) is 0 Å². The van der Waals surface area contributed by atoms with Crippen molar-refractivity contribution in [3.63, 3.8) is 0 Å². The van der Waals surface area contributed by atoms with Gasteiger partial charge in [-0.2, -0.15) is 5.26 Å². The minimum atomic E-state index is -0.239. The molecule has 0 aliphatic carbocycles. The van der Waals surface area contributed by atoms with Gasteiger partial charge >= 0.3 is 0 Å². The predicted molar refractivity (Wildman–Crippen MR) is 84.9 cm³/mol. The third kappa shape index (κ3) is 2.74. The first-order valence-electron chi connectivity index (χ1n) is 6.82. The summed E-state index contributed by atoms with van der Waals surface area (Å²) in [6.07, 6.45) is 3.84. The van der Waals surface area contributed by atoms with Gasteiger partial charge in [-0.25, -0.2) is 0 Å². The van der Waals surface area contributed by atoms with Crippen LogP contribution in [0.3, 0.4) is 0 Å². The molecule has 3 rings (SSSR count). The summed E-state index contributed by atoms with van der Waals surface area (Å²) in [7, 11) is 0. The van der Waals surface area contributed by atoms with E-state index in [4.69, 9.17) is 5.26 Å². The van der Waals surface area contributed by atoms with Crippen molar-refractivity contribution in [3.8, 4) is 11.8 Å². The summed E-state index contributed by atoms with van der Waals surface area (Å²) in [4.78, 5) is 12.4. The van der Waals surface area contributed by atoms with Crippen molar-refractivity contribution in [1.29, 1.82) is 5.26 Å². The Labute approximate surface area is 128 Å². The minimum absolute atomic E-state index is 0.239. The fourth-order valence-electron chi connectivity index (χ4n) is 2.20. The summed E-state index contributed by atoms with van der Waals surface area (Å²) >= 11 is 0. The number of aromatic nitrogens is 1. The van der Waals surface area contributed by atoms with Gasteiger partial charge in [-0.15, -0.1) is 0 Å². The van der Waals surface area contributed by atoms with Crippen LogP contribution >= 0.6 is 0 Å². The molecule has 4 nitrogen and oxygen atoms in total. The second kappa shape index (κ2) is 5.98. The van der Waals surface area contributed by atoms with Gasteiger partial charge in [0.1, 0.15) is 6.07 Å². The van der Waals surface area contributed by atoms with Crippen LogP contribution in [0.15, 0.2) is 73.1 Å². The van der Waals surface area contributed by atoms with Crippen LogP contribution in [0.25, 0.3) is 5.69 Å². The highest BCUT2D eigenvalue weighted by molar-refractivity contribution is 6.05. The molecule has 0 atom stereocenters. The smallest absolute Gasteiger partial charge is 0.255 e. The van der Waals surface area contributed by atoms with Gasteiger partial charge in [-0.3, -0.25) is 4.79 Å². The summed E-state index contributed by atoms with van der Waals surface area (Å²) in [6.45, 7) is 0. The number of carbonyl (C=O) groups is 1. The monoisotopic (exact) mass is 287 g/mol. The van der Waals surface area contributed by atoms with E-state index < -0.39 is 0 Å². The molecular formula is C18H13N3O. The second-order valence-corrected chi connectivity index (χ2v) is 4.75. The Hall–Kier alpha value is -3.32. The highest BCUT2D eigenvalue weighted by atomic mass is 16.1. The number of para-hydroxylation sites is 1. The third-order valence-corrected chi connectivity index (χ3v) is 3.31. The number of hydrogen-bond donors (Lipinski definition) is 1. The first-order chi connectivity index (χ1) is 10.8. The number of nitrogens with one attached hydrogen (secondary N) is 1. The molecule has 0 bridgehead atoms. The van der Waals surface area contributed by atoms with E-state index in [1.54, 1.807) is 30.3 Å². The van der Waals surface area contributed by atoms with Gasteiger partial charge in [0.05, 0.1) is 11.3 Å². The number of rotatable bonds is 3. The largest absolute Gasteiger partial charge is 0.324 e. The van der Waals surface area contributed by atoms with E-state index >= 15 is 0 Å². The number of anilines is 1. The van der Waals surface area contributed by atoms with Gasteiger partial charge in [-0.1, -0.05) is 18.2 Å². The van der Waals surface area contributed by atoms with Gasteiger partial charge < -0.3 is 9.88 Å². The standard InChI is InChI=1S/C18H13N3O/c19-13-15-6-1-2-9-17(15)20-18(22)14-7-5-8-16(12-14)21-10-3-4-11-21/h1-12H,(H,20,22). The Morgan fingerprint density at radius 3 is 2.55 bits per heavy atom. The molecule has 0 fully saturated rings. The lowest BCUT2D eigenvalue weighted by atomic mass is 10.1. The highest BCUT2D eigenvalue weighted by Crippen LogP contribution is 2.16. The fraction of sp³-hybridized carbons (Fsp3) is 0. The maximum atomic E-state index is 12.4. The summed E-state index contributed by atoms with van der Waals surface area (Å²) in [5, 5.41) is 11.8. The Morgan fingerprint density at radius 1 is 1.00 bits per heavy atom. The molecule has 1 heterocycles. The van der Waals surface area contributed by atoms with Crippen LogP contribution in [0.2, 0.25) is 0 Å². The topological polar surface area (TPSA) is 57.8 Å². The van der Waals surface area contributed by atoms with E-state index in [1.165, 1.54) is 0 Å². The summed E-state index contributed by atoms with van der Waals surface area (Å²) in [6, 6.07) is 20.2. The predicted octanol–water partition coefficient (Wildman–Crippen LogP) is 3.60. The van der Waals surface area contributed by atoms with Crippen molar-refractivity contribution in [2.75, 3.05) is 5.32 Å². The Bertz CT molecular complexity index is 845. The lowest BCUT2D eigenvalue weighted by Crippen LogP contribution is -2.13. The van der Waals surface area contributed by atoms with Gasteiger partial charge in [-0.05, 0) is 42.5 Å². The molecule has 106 valence electrons. The van der Waals surface area contributed by atoms with E-state index in [0.717, 1.165) is 5.69 Å². The van der Waals surface area contributed by atoms with Crippen molar-refractivity contribution in [1.82, 2.24) is 4.57 Å². The van der Waals surface area contributed by atoms with E-state index in [0.29, 0.717) is 16.8 Å². The maximum Gasteiger partial charge on any atom is 0.255 e. The number of hydrogen-bond acceptors (Lipinski definition) is 2. The molecule has 1 amide bonds. The first kappa shape index (κ1) is 13.7. The fourth-order valence-corrected chi connectivity index (χ4v) is 2.20. The summed E-state index contributed by atoms with van der Waals surface area (Å²) in [5.74, 6) is -0.239. The van der Waals surface area contributed by atoms with Crippen LogP contribution in [-0.4, -0.2) is 10.5 Å². The van der Waals surface area contributed by atoms with Crippen LogP contribution in [0.4, 0.5) is 5.69 Å². The molecule has 0 unspecified atom stereocenters. The number of benzene rings is 2. The molecular weight excluding hydrogens is 274 g/mol. The molecule has 1 N–H and O–H groups in total. The van der Waals surface area contributed by atoms with Gasteiger partial charge in [0.15, 0.2) is 0 Å². The van der Waals surface area contributed by atoms with Crippen molar-refractivity contribution in [2.24, 2.45) is 0 Å². The van der Waals surface area contributed by atoms with Crippen LogP contribution < -0.4 is 5.32 Å². The Balaban J connectivity index is 1.87. The van der Waals surface area contributed by atoms with E-state index in [1.807, 2.05) is 47.3 Å². The molecule has 22 heavy (non-hydrogen) atoms. The number of nitriles is 1. The van der Waals surface area contributed by atoms with E-state index in [9.17, 15) is 4.79 Å². The number of amides is 1. The minimum Gasteiger partial charge on any atom is -0.324 e. The summed E-state index contributed by atoms with van der Waals surface area (Å²) < 4.78 is 1.93. The highest BCUT2D eigenvalue weighted by Gasteiger charge is 2.09. The zero-order chi connectivity index (χ0) is 15.4. The molecule has 1 aromatic heterocycles. The van der Waals surface area contributed by atoms with Crippen LogP contribution in [0.1, 0.15) is 15.9 Å². The zero-order valence-corrected chi connectivity index (χ0v) is 11.7. The molecule has 0 radical (unpaired) electrons. The van der Waals surface area contributed by atoms with Crippen molar-refractivity contribution in [3.05, 3.63) is 84.2 Å². The molecule has 0 saturated carbocycles. The molecule has 4 heteroatoms. The molecule has 0 aliphatic heterocycles. The lowest BCUT2D eigenvalue weighted by Gasteiger charge is -2.09. The SMILES string of the molecule is N#Cc1ccccc1NC(=O)c1cccc(-n2cccc2)c1. The molecule has 0 spiro atoms. The second-order valence-electron chi connectivity index (χ2n) is 4.75. The molecule has 3 aromatic rings. The van der Waals surface area contributed by atoms with Gasteiger partial charge in [0.25, 0.3) is 5.91 Å². The Kier molecular flexibility index (Phi) is 3.71.